The van der Waals surface area contributed by atoms with Crippen LogP contribution >= 0.6 is 0 Å². The summed E-state index contributed by atoms with van der Waals surface area (Å²) in [5, 5.41) is 31.1. The van der Waals surface area contributed by atoms with Gasteiger partial charge in [0.15, 0.2) is 5.65 Å². The predicted molar refractivity (Wildman–Crippen MR) is 128 cm³/mol. The molecule has 5 rings (SSSR count). The zero-order valence-electron chi connectivity index (χ0n) is 19.3. The Bertz CT molecular complexity index is 1510. The van der Waals surface area contributed by atoms with Crippen LogP contribution in [0.4, 0.5) is 0 Å². The number of aromatic carboxylic acids is 2. The highest BCUT2D eigenvalue weighted by atomic mass is 16.4. The maximum Gasteiger partial charge on any atom is 0.335 e. The van der Waals surface area contributed by atoms with E-state index < -0.39 is 18.0 Å². The SMILES string of the molecule is Cc1c(C(=O)O)cccc1C(=O)O.Cc1nc(-c2cnn(CC(C)O)c2)c2cnc3[nH]ccc3n12. The minimum absolute atomic E-state index is 0.0277. The molecule has 35 heavy (non-hydrogen) atoms. The average molecular weight is 476 g/mol. The molecule has 0 amide bonds. The van der Waals surface area contributed by atoms with Crippen LogP contribution < -0.4 is 0 Å². The summed E-state index contributed by atoms with van der Waals surface area (Å²) in [4.78, 5) is 33.4. The first-order valence-corrected chi connectivity index (χ1v) is 10.8. The van der Waals surface area contributed by atoms with Crippen molar-refractivity contribution in [2.24, 2.45) is 0 Å². The summed E-state index contributed by atoms with van der Waals surface area (Å²) < 4.78 is 3.81. The molecule has 0 aliphatic carbocycles. The van der Waals surface area contributed by atoms with Gasteiger partial charge in [-0.25, -0.2) is 19.6 Å². The van der Waals surface area contributed by atoms with E-state index in [0.29, 0.717) is 6.54 Å². The molecule has 0 fully saturated rings. The average Bonchev–Trinajstić information content (AvgIpc) is 3.52. The lowest BCUT2D eigenvalue weighted by Crippen LogP contribution is -2.11. The van der Waals surface area contributed by atoms with Crippen molar-refractivity contribution in [3.63, 3.8) is 0 Å². The summed E-state index contributed by atoms with van der Waals surface area (Å²) >= 11 is 0. The van der Waals surface area contributed by atoms with Gasteiger partial charge in [0.2, 0.25) is 0 Å². The van der Waals surface area contributed by atoms with Gasteiger partial charge in [0.05, 0.1) is 47.2 Å². The van der Waals surface area contributed by atoms with Gasteiger partial charge in [-0.15, -0.1) is 0 Å². The lowest BCUT2D eigenvalue weighted by Gasteiger charge is -2.03. The fourth-order valence-electron chi connectivity index (χ4n) is 3.90. The Morgan fingerprint density at radius 3 is 2.37 bits per heavy atom. The van der Waals surface area contributed by atoms with Gasteiger partial charge in [-0.1, -0.05) is 6.07 Å². The Labute approximate surface area is 199 Å². The summed E-state index contributed by atoms with van der Waals surface area (Å²) in [6.45, 7) is 5.66. The largest absolute Gasteiger partial charge is 0.478 e. The molecule has 1 aromatic carbocycles. The number of benzene rings is 1. The van der Waals surface area contributed by atoms with Crippen LogP contribution in [-0.2, 0) is 6.54 Å². The Kier molecular flexibility index (Phi) is 6.34. The maximum atomic E-state index is 10.6. The fourth-order valence-corrected chi connectivity index (χ4v) is 3.90. The highest BCUT2D eigenvalue weighted by molar-refractivity contribution is 5.96. The van der Waals surface area contributed by atoms with Crippen molar-refractivity contribution in [3.05, 3.63) is 71.6 Å². The summed E-state index contributed by atoms with van der Waals surface area (Å²) in [7, 11) is 0. The summed E-state index contributed by atoms with van der Waals surface area (Å²) in [6, 6.07) is 6.17. The van der Waals surface area contributed by atoms with E-state index in [4.69, 9.17) is 10.2 Å². The number of nitrogens with zero attached hydrogens (tertiary/aromatic N) is 5. The van der Waals surface area contributed by atoms with Gasteiger partial charge in [0.1, 0.15) is 11.5 Å². The van der Waals surface area contributed by atoms with Crippen LogP contribution in [0.25, 0.3) is 27.9 Å². The molecule has 0 radical (unpaired) electrons. The molecule has 5 aromatic rings. The molecule has 0 bridgehead atoms. The lowest BCUT2D eigenvalue weighted by molar-refractivity contribution is 0.0696. The number of aliphatic hydroxyl groups is 1. The number of carboxylic acid groups (broad SMARTS) is 2. The van der Waals surface area contributed by atoms with Crippen LogP contribution in [0.1, 0.15) is 39.0 Å². The first-order valence-electron chi connectivity index (χ1n) is 10.8. The number of rotatable bonds is 5. The molecule has 11 nitrogen and oxygen atoms in total. The molecule has 180 valence electrons. The van der Waals surface area contributed by atoms with Crippen molar-refractivity contribution in [2.45, 2.75) is 33.4 Å². The molecule has 0 spiro atoms. The number of aromatic amines is 1. The molecule has 0 aliphatic heterocycles. The van der Waals surface area contributed by atoms with Crippen LogP contribution in [0.3, 0.4) is 0 Å². The molecule has 11 heteroatoms. The number of carboxylic acids is 2. The topological polar surface area (TPSA) is 159 Å². The summed E-state index contributed by atoms with van der Waals surface area (Å²) in [6.07, 6.45) is 6.92. The van der Waals surface area contributed by atoms with Gasteiger partial charge in [-0.3, -0.25) is 9.08 Å². The quantitative estimate of drug-likeness (QED) is 0.301. The molecule has 4 N–H and O–H groups in total. The number of hydrogen-bond acceptors (Lipinski definition) is 6. The summed E-state index contributed by atoms with van der Waals surface area (Å²) in [5.41, 5.74) is 4.89. The third-order valence-corrected chi connectivity index (χ3v) is 5.49. The second-order valence-electron chi connectivity index (χ2n) is 8.09. The van der Waals surface area contributed by atoms with Crippen LogP contribution in [0.2, 0.25) is 0 Å². The minimum atomic E-state index is -1.11. The Hall–Kier alpha value is -4.51. The Balaban J connectivity index is 0.000000191. The zero-order valence-corrected chi connectivity index (χ0v) is 19.3. The van der Waals surface area contributed by atoms with Crippen molar-refractivity contribution in [1.29, 1.82) is 0 Å². The monoisotopic (exact) mass is 476 g/mol. The third-order valence-electron chi connectivity index (χ3n) is 5.49. The van der Waals surface area contributed by atoms with Crippen LogP contribution in [0, 0.1) is 13.8 Å². The van der Waals surface area contributed by atoms with Crippen molar-refractivity contribution >= 4 is 28.6 Å². The van der Waals surface area contributed by atoms with E-state index in [1.54, 1.807) is 17.8 Å². The van der Waals surface area contributed by atoms with E-state index in [9.17, 15) is 14.7 Å². The number of nitrogens with one attached hydrogen (secondary N) is 1. The molecule has 4 aromatic heterocycles. The number of hydrogen-bond donors (Lipinski definition) is 4. The highest BCUT2D eigenvalue weighted by Crippen LogP contribution is 2.26. The van der Waals surface area contributed by atoms with Gasteiger partial charge in [0.25, 0.3) is 0 Å². The number of aryl methyl sites for hydroxylation is 1. The zero-order chi connectivity index (χ0) is 25.3. The van der Waals surface area contributed by atoms with Crippen LogP contribution in [0.15, 0.2) is 49.1 Å². The minimum Gasteiger partial charge on any atom is -0.478 e. The first-order chi connectivity index (χ1) is 16.7. The van der Waals surface area contributed by atoms with Crippen molar-refractivity contribution in [2.75, 3.05) is 0 Å². The predicted octanol–water partition coefficient (Wildman–Crippen LogP) is 3.15. The molecule has 0 saturated heterocycles. The standard InChI is InChI=1S/C15H16N6O.C9H8O4/c1-9(22)7-20-8-11(5-18-20)14-13-6-17-15-12(3-4-16-15)21(13)10(2)19-14;1-5-6(8(10)11)3-2-4-7(5)9(12)13/h3-6,8-9,16,22H,7H2,1-2H3;2-4H,1H3,(H,10,11)(H,12,13). The van der Waals surface area contributed by atoms with Crippen molar-refractivity contribution in [1.82, 2.24) is 29.1 Å². The molecule has 1 unspecified atom stereocenters. The molecule has 4 heterocycles. The molecular formula is C24H24N6O5. The lowest BCUT2D eigenvalue weighted by atomic mass is 10.0. The van der Waals surface area contributed by atoms with E-state index in [-0.39, 0.29) is 16.7 Å². The number of H-pyrrole nitrogens is 1. The second-order valence-corrected chi connectivity index (χ2v) is 8.09. The van der Waals surface area contributed by atoms with Gasteiger partial charge >= 0.3 is 11.9 Å². The Morgan fingerprint density at radius 2 is 1.74 bits per heavy atom. The van der Waals surface area contributed by atoms with Gasteiger partial charge in [-0.05, 0) is 44.5 Å². The molecular weight excluding hydrogens is 452 g/mol. The smallest absolute Gasteiger partial charge is 0.335 e. The van der Waals surface area contributed by atoms with E-state index in [1.807, 2.05) is 31.6 Å². The molecule has 0 aliphatic rings. The number of aliphatic hydroxyl groups excluding tert-OH is 1. The van der Waals surface area contributed by atoms with E-state index in [1.165, 1.54) is 25.1 Å². The van der Waals surface area contributed by atoms with E-state index >= 15 is 0 Å². The van der Waals surface area contributed by atoms with Gasteiger partial charge < -0.3 is 20.3 Å². The second kappa shape index (κ2) is 9.39. The van der Waals surface area contributed by atoms with Crippen molar-refractivity contribution in [3.8, 4) is 11.3 Å². The normalized spacial score (nSPS) is 11.9. The summed E-state index contributed by atoms with van der Waals surface area (Å²) in [5.74, 6) is -1.32. The van der Waals surface area contributed by atoms with Crippen LogP contribution in [-0.4, -0.2) is 62.5 Å². The number of imidazole rings is 1. The maximum absolute atomic E-state index is 10.6. The van der Waals surface area contributed by atoms with E-state index in [0.717, 1.165) is 33.8 Å². The highest BCUT2D eigenvalue weighted by Gasteiger charge is 2.16. The third kappa shape index (κ3) is 4.62. The van der Waals surface area contributed by atoms with Crippen LogP contribution in [0.5, 0.6) is 0 Å². The first kappa shape index (κ1) is 23.6. The molecule has 1 atom stereocenters. The van der Waals surface area contributed by atoms with Gasteiger partial charge in [-0.2, -0.15) is 5.10 Å². The number of fused-ring (bicyclic) bond motifs is 3. The van der Waals surface area contributed by atoms with Crippen molar-refractivity contribution < 1.29 is 24.9 Å². The number of aromatic nitrogens is 6. The number of carbonyl (C=O) groups is 2. The fraction of sp³-hybridized carbons (Fsp3) is 0.208. The molecule has 0 saturated carbocycles. The van der Waals surface area contributed by atoms with E-state index in [2.05, 4.69) is 24.5 Å². The Morgan fingerprint density at radius 1 is 1.06 bits per heavy atom. The van der Waals surface area contributed by atoms with Gasteiger partial charge in [0, 0.05) is 18.0 Å².